The van der Waals surface area contributed by atoms with Gasteiger partial charge in [0.25, 0.3) is 0 Å². The maximum atomic E-state index is 13.4. The second-order valence-electron chi connectivity index (χ2n) is 5.35. The van der Waals surface area contributed by atoms with Crippen molar-refractivity contribution in [1.29, 1.82) is 0 Å². The zero-order chi connectivity index (χ0) is 16.8. The molecule has 1 atom stereocenters. The maximum Gasteiger partial charge on any atom is 0.230 e. The minimum absolute atomic E-state index is 0.0495. The Labute approximate surface area is 134 Å². The molecule has 1 aliphatic heterocycles. The molecule has 0 radical (unpaired) electrons. The lowest BCUT2D eigenvalue weighted by atomic mass is 9.89. The van der Waals surface area contributed by atoms with Gasteiger partial charge in [0.05, 0.1) is 19.1 Å². The van der Waals surface area contributed by atoms with Gasteiger partial charge in [0, 0.05) is 39.4 Å². The molecule has 0 aromatic heterocycles. The lowest BCUT2D eigenvalue weighted by Gasteiger charge is -2.30. The smallest absolute Gasteiger partial charge is 0.230 e. The molecule has 0 aliphatic carbocycles. The van der Waals surface area contributed by atoms with Gasteiger partial charge in [0.1, 0.15) is 5.82 Å². The van der Waals surface area contributed by atoms with Crippen LogP contribution in [0.25, 0.3) is 0 Å². The number of fused-ring (bicyclic) bond motifs is 1. The van der Waals surface area contributed by atoms with E-state index in [4.69, 9.17) is 9.47 Å². The van der Waals surface area contributed by atoms with E-state index in [1.807, 2.05) is 0 Å². The van der Waals surface area contributed by atoms with Crippen LogP contribution < -0.4 is 5.32 Å². The fourth-order valence-corrected chi connectivity index (χ4v) is 2.61. The highest BCUT2D eigenvalue weighted by molar-refractivity contribution is 6.01. The van der Waals surface area contributed by atoms with Gasteiger partial charge in [-0.05, 0) is 17.7 Å². The first-order valence-electron chi connectivity index (χ1n) is 7.42. The monoisotopic (exact) mass is 324 g/mol. The molecule has 0 spiro atoms. The number of ether oxygens (including phenoxy) is 2. The molecule has 0 bridgehead atoms. The number of rotatable bonds is 7. The van der Waals surface area contributed by atoms with Crippen molar-refractivity contribution >= 4 is 17.5 Å². The van der Waals surface area contributed by atoms with Crippen molar-refractivity contribution in [1.82, 2.24) is 4.90 Å². The van der Waals surface area contributed by atoms with E-state index in [0.717, 1.165) is 0 Å². The van der Waals surface area contributed by atoms with Gasteiger partial charge in [-0.1, -0.05) is 6.07 Å². The molecule has 2 amide bonds. The molecule has 1 aliphatic rings. The number of nitrogens with zero attached hydrogens (tertiary/aromatic N) is 1. The minimum atomic E-state index is -0.618. The van der Waals surface area contributed by atoms with Gasteiger partial charge < -0.3 is 19.7 Å². The molecule has 1 heterocycles. The third-order valence-corrected chi connectivity index (χ3v) is 3.79. The van der Waals surface area contributed by atoms with Crippen LogP contribution in [0.3, 0.4) is 0 Å². The van der Waals surface area contributed by atoms with E-state index in [-0.39, 0.29) is 18.2 Å². The summed E-state index contributed by atoms with van der Waals surface area (Å²) in [5.74, 6) is -1.54. The second-order valence-corrected chi connectivity index (χ2v) is 5.35. The Morgan fingerprint density at radius 3 is 2.57 bits per heavy atom. The van der Waals surface area contributed by atoms with E-state index in [9.17, 15) is 14.0 Å². The minimum Gasteiger partial charge on any atom is -0.383 e. The zero-order valence-electron chi connectivity index (χ0n) is 13.3. The fraction of sp³-hybridized carbons (Fsp3) is 0.500. The number of benzene rings is 1. The van der Waals surface area contributed by atoms with E-state index >= 15 is 0 Å². The first kappa shape index (κ1) is 17.4. The maximum absolute atomic E-state index is 13.4. The number of methoxy groups -OCH3 is 2. The van der Waals surface area contributed by atoms with Crippen LogP contribution >= 0.6 is 0 Å². The highest BCUT2D eigenvalue weighted by Crippen LogP contribution is 2.34. The molecule has 2 rings (SSSR count). The van der Waals surface area contributed by atoms with E-state index in [2.05, 4.69) is 5.32 Å². The summed E-state index contributed by atoms with van der Waals surface area (Å²) in [6.07, 6.45) is 0.0495. The van der Waals surface area contributed by atoms with Gasteiger partial charge in [0.15, 0.2) is 0 Å². The average Bonchev–Trinajstić information content (AvgIpc) is 2.53. The zero-order valence-corrected chi connectivity index (χ0v) is 13.3. The third kappa shape index (κ3) is 4.27. The first-order valence-corrected chi connectivity index (χ1v) is 7.42. The van der Waals surface area contributed by atoms with Crippen molar-refractivity contribution in [3.8, 4) is 0 Å². The molecule has 6 nitrogen and oxygen atoms in total. The molecule has 1 aromatic carbocycles. The summed E-state index contributed by atoms with van der Waals surface area (Å²) in [4.78, 5) is 26.3. The molecular weight excluding hydrogens is 303 g/mol. The van der Waals surface area contributed by atoms with E-state index in [1.165, 1.54) is 12.1 Å². The van der Waals surface area contributed by atoms with Crippen LogP contribution in [-0.2, 0) is 19.1 Å². The van der Waals surface area contributed by atoms with Crippen LogP contribution in [0.4, 0.5) is 10.1 Å². The molecule has 1 aromatic rings. The summed E-state index contributed by atoms with van der Waals surface area (Å²) in [6.45, 7) is 1.61. The Morgan fingerprint density at radius 1 is 1.30 bits per heavy atom. The van der Waals surface area contributed by atoms with Crippen LogP contribution in [0.15, 0.2) is 18.2 Å². The van der Waals surface area contributed by atoms with E-state index in [1.54, 1.807) is 25.2 Å². The average molecular weight is 324 g/mol. The highest BCUT2D eigenvalue weighted by atomic mass is 19.1. The molecule has 1 N–H and O–H groups in total. The largest absolute Gasteiger partial charge is 0.383 e. The Hall–Kier alpha value is -1.99. The Bertz CT molecular complexity index is 571. The molecule has 23 heavy (non-hydrogen) atoms. The van der Waals surface area contributed by atoms with Crippen molar-refractivity contribution in [3.63, 3.8) is 0 Å². The molecule has 0 saturated heterocycles. The number of nitrogens with one attached hydrogen (secondary N) is 1. The normalized spacial score (nSPS) is 16.7. The van der Waals surface area contributed by atoms with Gasteiger partial charge in [-0.2, -0.15) is 0 Å². The van der Waals surface area contributed by atoms with E-state index < -0.39 is 11.7 Å². The van der Waals surface area contributed by atoms with Crippen LogP contribution in [0.2, 0.25) is 0 Å². The Kier molecular flexibility index (Phi) is 6.06. The number of carbonyl (C=O) groups is 2. The fourth-order valence-electron chi connectivity index (χ4n) is 2.61. The predicted octanol–water partition coefficient (Wildman–Crippen LogP) is 1.37. The SMILES string of the molecule is COCCN(CCOC)C(=O)[C@@H]1CC(=O)Nc2cc(F)ccc21. The van der Waals surface area contributed by atoms with Crippen molar-refractivity contribution in [2.24, 2.45) is 0 Å². The van der Waals surface area contributed by atoms with Gasteiger partial charge in [0.2, 0.25) is 11.8 Å². The number of halogens is 1. The molecule has 7 heteroatoms. The number of anilines is 1. The van der Waals surface area contributed by atoms with Gasteiger partial charge >= 0.3 is 0 Å². The quantitative estimate of drug-likeness (QED) is 0.823. The van der Waals surface area contributed by atoms with Crippen LogP contribution in [0.1, 0.15) is 17.9 Å². The highest BCUT2D eigenvalue weighted by Gasteiger charge is 2.33. The van der Waals surface area contributed by atoms with Crippen molar-refractivity contribution in [3.05, 3.63) is 29.6 Å². The summed E-state index contributed by atoms with van der Waals surface area (Å²) in [5.41, 5.74) is 0.994. The molecular formula is C16H21FN2O4. The Morgan fingerprint density at radius 2 is 1.96 bits per heavy atom. The van der Waals surface area contributed by atoms with Crippen molar-refractivity contribution in [2.75, 3.05) is 45.8 Å². The first-order chi connectivity index (χ1) is 11.1. The number of hydrogen-bond donors (Lipinski definition) is 1. The van der Waals surface area contributed by atoms with Crippen molar-refractivity contribution in [2.45, 2.75) is 12.3 Å². The van der Waals surface area contributed by atoms with Gasteiger partial charge in [-0.3, -0.25) is 9.59 Å². The summed E-state index contributed by atoms with van der Waals surface area (Å²) >= 11 is 0. The lowest BCUT2D eigenvalue weighted by molar-refractivity contribution is -0.136. The number of hydrogen-bond acceptors (Lipinski definition) is 4. The van der Waals surface area contributed by atoms with E-state index in [0.29, 0.717) is 37.6 Å². The number of carbonyl (C=O) groups excluding carboxylic acids is 2. The van der Waals surface area contributed by atoms with Gasteiger partial charge in [-0.15, -0.1) is 0 Å². The van der Waals surface area contributed by atoms with Gasteiger partial charge in [-0.25, -0.2) is 4.39 Å². The molecule has 0 saturated carbocycles. The summed E-state index contributed by atoms with van der Waals surface area (Å²) in [5, 5.41) is 2.61. The topological polar surface area (TPSA) is 67.9 Å². The van der Waals surface area contributed by atoms with Crippen molar-refractivity contribution < 1.29 is 23.5 Å². The Balaban J connectivity index is 2.24. The molecule has 0 fully saturated rings. The predicted molar refractivity (Wildman–Crippen MR) is 82.7 cm³/mol. The third-order valence-electron chi connectivity index (χ3n) is 3.79. The summed E-state index contributed by atoms with van der Waals surface area (Å²) < 4.78 is 23.4. The van der Waals surface area contributed by atoms with Crippen LogP contribution in [0, 0.1) is 5.82 Å². The number of amides is 2. The lowest BCUT2D eigenvalue weighted by Crippen LogP contribution is -2.41. The van der Waals surface area contributed by atoms with Crippen LogP contribution in [-0.4, -0.2) is 57.2 Å². The second kappa shape index (κ2) is 8.03. The van der Waals surface area contributed by atoms with Crippen LogP contribution in [0.5, 0.6) is 0 Å². The molecule has 0 unspecified atom stereocenters. The summed E-state index contributed by atoms with van der Waals surface area (Å²) in [6, 6.07) is 4.09. The standard InChI is InChI=1S/C16H21FN2O4/c1-22-7-5-19(6-8-23-2)16(21)13-10-15(20)18-14-9-11(17)3-4-12(13)14/h3-4,9,13H,5-8,10H2,1-2H3,(H,18,20)/t13-/m1/s1. The summed E-state index contributed by atoms with van der Waals surface area (Å²) in [7, 11) is 3.12. The molecule has 126 valence electrons.